The van der Waals surface area contributed by atoms with Crippen LogP contribution < -0.4 is 15.2 Å². The van der Waals surface area contributed by atoms with Crippen molar-refractivity contribution in [3.05, 3.63) is 23.9 Å². The van der Waals surface area contributed by atoms with Gasteiger partial charge in [0, 0.05) is 5.56 Å². The van der Waals surface area contributed by atoms with Crippen molar-refractivity contribution < 1.29 is 14.3 Å². The highest BCUT2D eigenvalue weighted by Crippen LogP contribution is 2.33. The molecule has 2 rings (SSSR count). The zero-order valence-corrected chi connectivity index (χ0v) is 19.8. The number of ether oxygens (including phenoxy) is 2. The lowest BCUT2D eigenvalue weighted by Gasteiger charge is -2.14. The standard InChI is InChI=1S/C25H40N4O3/c1-3-5-7-9-11-13-17-31-21-16-15-20(23-24(25(26)30)28-29-27-23)19-22(21)32-18-14-12-10-8-6-4-2/h15-16,19H,3-14,17-18H2,1-2H3,(H2,26,30)(H,27,28,29). The van der Waals surface area contributed by atoms with E-state index in [4.69, 9.17) is 15.2 Å². The minimum absolute atomic E-state index is 0.118. The SMILES string of the molecule is CCCCCCCCOc1ccc(-c2n[nH]nc2C(N)=O)cc1OCCCCCCCC. The van der Waals surface area contributed by atoms with Crippen molar-refractivity contribution in [2.24, 2.45) is 5.73 Å². The van der Waals surface area contributed by atoms with E-state index in [1.54, 1.807) is 0 Å². The number of carbonyl (C=O) groups is 1. The first-order chi connectivity index (χ1) is 15.7. The van der Waals surface area contributed by atoms with Crippen LogP contribution in [-0.2, 0) is 0 Å². The van der Waals surface area contributed by atoms with E-state index in [0.29, 0.717) is 24.7 Å². The first-order valence-electron chi connectivity index (χ1n) is 12.3. The molecule has 0 saturated heterocycles. The smallest absolute Gasteiger partial charge is 0.271 e. The van der Waals surface area contributed by atoms with Gasteiger partial charge in [-0.25, -0.2) is 0 Å². The topological polar surface area (TPSA) is 103 Å². The number of benzene rings is 1. The fourth-order valence-electron chi connectivity index (χ4n) is 3.62. The van der Waals surface area contributed by atoms with Gasteiger partial charge in [-0.1, -0.05) is 78.1 Å². The Labute approximate surface area is 192 Å². The first-order valence-corrected chi connectivity index (χ1v) is 12.3. The molecule has 0 saturated carbocycles. The highest BCUT2D eigenvalue weighted by molar-refractivity contribution is 5.96. The van der Waals surface area contributed by atoms with E-state index < -0.39 is 5.91 Å². The maximum Gasteiger partial charge on any atom is 0.271 e. The molecule has 0 aliphatic heterocycles. The van der Waals surface area contributed by atoms with E-state index in [0.717, 1.165) is 30.6 Å². The number of amides is 1. The van der Waals surface area contributed by atoms with Crippen LogP contribution in [0.3, 0.4) is 0 Å². The quantitative estimate of drug-likeness (QED) is 0.272. The summed E-state index contributed by atoms with van der Waals surface area (Å²) in [5.41, 5.74) is 6.68. The summed E-state index contributed by atoms with van der Waals surface area (Å²) in [4.78, 5) is 11.6. The molecule has 0 fully saturated rings. The van der Waals surface area contributed by atoms with Crippen molar-refractivity contribution in [3.8, 4) is 22.8 Å². The minimum atomic E-state index is -0.619. The van der Waals surface area contributed by atoms with Crippen molar-refractivity contribution in [2.45, 2.75) is 90.9 Å². The third-order valence-corrected chi connectivity index (χ3v) is 5.51. The normalized spacial score (nSPS) is 10.9. The molecule has 32 heavy (non-hydrogen) atoms. The summed E-state index contributed by atoms with van der Waals surface area (Å²) < 4.78 is 12.1. The van der Waals surface area contributed by atoms with Gasteiger partial charge in [0.05, 0.1) is 13.2 Å². The Balaban J connectivity index is 1.98. The van der Waals surface area contributed by atoms with Crippen molar-refractivity contribution in [2.75, 3.05) is 13.2 Å². The lowest BCUT2D eigenvalue weighted by atomic mass is 10.1. The molecule has 0 aliphatic rings. The molecule has 1 aromatic carbocycles. The van der Waals surface area contributed by atoms with Crippen molar-refractivity contribution in [1.29, 1.82) is 0 Å². The highest BCUT2D eigenvalue weighted by Gasteiger charge is 2.17. The number of nitrogens with zero attached hydrogens (tertiary/aromatic N) is 2. The van der Waals surface area contributed by atoms with Gasteiger partial charge < -0.3 is 15.2 Å². The summed E-state index contributed by atoms with van der Waals surface area (Å²) in [7, 11) is 0. The monoisotopic (exact) mass is 444 g/mol. The molecular weight excluding hydrogens is 404 g/mol. The number of hydrogen-bond acceptors (Lipinski definition) is 5. The number of rotatable bonds is 18. The number of aromatic amines is 1. The van der Waals surface area contributed by atoms with Crippen molar-refractivity contribution >= 4 is 5.91 Å². The van der Waals surface area contributed by atoms with Gasteiger partial charge in [-0.15, -0.1) is 0 Å². The van der Waals surface area contributed by atoms with Gasteiger partial charge in [0.15, 0.2) is 17.2 Å². The number of primary amides is 1. The van der Waals surface area contributed by atoms with Crippen LogP contribution in [0.15, 0.2) is 18.2 Å². The fourth-order valence-corrected chi connectivity index (χ4v) is 3.62. The molecule has 0 unspecified atom stereocenters. The second-order valence-corrected chi connectivity index (χ2v) is 8.28. The number of H-pyrrole nitrogens is 1. The Bertz CT molecular complexity index is 791. The third-order valence-electron chi connectivity index (χ3n) is 5.51. The highest BCUT2D eigenvalue weighted by atomic mass is 16.5. The second-order valence-electron chi connectivity index (χ2n) is 8.28. The minimum Gasteiger partial charge on any atom is -0.490 e. The molecule has 0 bridgehead atoms. The summed E-state index contributed by atoms with van der Waals surface area (Å²) in [5, 5.41) is 10.4. The van der Waals surface area contributed by atoms with Gasteiger partial charge in [0.2, 0.25) is 0 Å². The summed E-state index contributed by atoms with van der Waals surface area (Å²) in [6.45, 7) is 5.74. The lowest BCUT2D eigenvalue weighted by molar-refractivity contribution is 0.0996. The molecule has 7 nitrogen and oxygen atoms in total. The first kappa shape index (κ1) is 25.7. The van der Waals surface area contributed by atoms with Crippen molar-refractivity contribution in [3.63, 3.8) is 0 Å². The van der Waals surface area contributed by atoms with Crippen LogP contribution >= 0.6 is 0 Å². The Morgan fingerprint density at radius 3 is 1.97 bits per heavy atom. The molecule has 0 spiro atoms. The Hall–Kier alpha value is -2.57. The third kappa shape index (κ3) is 8.89. The molecule has 1 aromatic heterocycles. The van der Waals surface area contributed by atoms with Gasteiger partial charge in [-0.05, 0) is 31.0 Å². The van der Waals surface area contributed by atoms with Crippen LogP contribution in [-0.4, -0.2) is 34.5 Å². The second kappa shape index (κ2) is 15.3. The van der Waals surface area contributed by atoms with Gasteiger partial charge in [0.1, 0.15) is 5.69 Å². The summed E-state index contributed by atoms with van der Waals surface area (Å²) in [6.07, 6.45) is 14.5. The Morgan fingerprint density at radius 2 is 1.38 bits per heavy atom. The lowest BCUT2D eigenvalue weighted by Crippen LogP contribution is -2.12. The van der Waals surface area contributed by atoms with Crippen LogP contribution in [0, 0.1) is 0 Å². The number of unbranched alkanes of at least 4 members (excludes halogenated alkanes) is 10. The number of carbonyl (C=O) groups excluding carboxylic acids is 1. The fraction of sp³-hybridized carbons (Fsp3) is 0.640. The molecule has 0 aliphatic carbocycles. The predicted molar refractivity (Wildman–Crippen MR) is 128 cm³/mol. The van der Waals surface area contributed by atoms with E-state index in [-0.39, 0.29) is 5.69 Å². The zero-order chi connectivity index (χ0) is 23.0. The summed E-state index contributed by atoms with van der Waals surface area (Å²) >= 11 is 0. The number of hydrogen-bond donors (Lipinski definition) is 2. The molecule has 0 radical (unpaired) electrons. The van der Waals surface area contributed by atoms with Gasteiger partial charge in [-0.3, -0.25) is 4.79 Å². The van der Waals surface area contributed by atoms with Crippen molar-refractivity contribution in [1.82, 2.24) is 15.4 Å². The molecule has 178 valence electrons. The van der Waals surface area contributed by atoms with Crippen LogP contribution in [0.4, 0.5) is 0 Å². The van der Waals surface area contributed by atoms with E-state index in [9.17, 15) is 4.79 Å². The molecule has 3 N–H and O–H groups in total. The molecule has 0 atom stereocenters. The van der Waals surface area contributed by atoms with E-state index in [1.807, 2.05) is 18.2 Å². The van der Waals surface area contributed by atoms with E-state index in [2.05, 4.69) is 29.3 Å². The molecule has 7 heteroatoms. The van der Waals surface area contributed by atoms with Crippen LogP contribution in [0.25, 0.3) is 11.3 Å². The maximum atomic E-state index is 11.6. The van der Waals surface area contributed by atoms with E-state index in [1.165, 1.54) is 57.8 Å². The maximum absolute atomic E-state index is 11.6. The van der Waals surface area contributed by atoms with Crippen LogP contribution in [0.1, 0.15) is 101 Å². The zero-order valence-electron chi connectivity index (χ0n) is 19.8. The number of nitrogens with one attached hydrogen (secondary N) is 1. The van der Waals surface area contributed by atoms with Crippen LogP contribution in [0.5, 0.6) is 11.5 Å². The van der Waals surface area contributed by atoms with Gasteiger partial charge >= 0.3 is 0 Å². The van der Waals surface area contributed by atoms with Gasteiger partial charge in [0.25, 0.3) is 5.91 Å². The van der Waals surface area contributed by atoms with E-state index >= 15 is 0 Å². The predicted octanol–water partition coefficient (Wildman–Crippen LogP) is 6.05. The molecular formula is C25H40N4O3. The number of nitrogens with two attached hydrogens (primary N) is 1. The molecule has 1 heterocycles. The van der Waals surface area contributed by atoms with Crippen LogP contribution in [0.2, 0.25) is 0 Å². The van der Waals surface area contributed by atoms with Gasteiger partial charge in [-0.2, -0.15) is 15.4 Å². The average molecular weight is 445 g/mol. The summed E-state index contributed by atoms with van der Waals surface area (Å²) in [6, 6.07) is 5.60. The number of aromatic nitrogens is 3. The average Bonchev–Trinajstić information content (AvgIpc) is 3.29. The Morgan fingerprint density at radius 1 is 0.812 bits per heavy atom. The molecule has 1 amide bonds. The molecule has 2 aromatic rings. The largest absolute Gasteiger partial charge is 0.490 e. The Kier molecular flexibility index (Phi) is 12.3. The summed E-state index contributed by atoms with van der Waals surface area (Å²) in [5.74, 6) is 0.768.